The smallest absolute Gasteiger partial charge is 0.261 e. The topological polar surface area (TPSA) is 126 Å². The van der Waals surface area contributed by atoms with Gasteiger partial charge in [0.05, 0.1) is 33.2 Å². The molecule has 0 amide bonds. The van der Waals surface area contributed by atoms with Gasteiger partial charge in [0.2, 0.25) is 10.0 Å². The van der Waals surface area contributed by atoms with Crippen LogP contribution >= 0.6 is 0 Å². The average Bonchev–Trinajstić information content (AvgIpc) is 2.89. The van der Waals surface area contributed by atoms with Gasteiger partial charge in [-0.1, -0.05) is 81.0 Å². The maximum absolute atomic E-state index is 13.8. The number of rotatable bonds is 12. The van der Waals surface area contributed by atoms with E-state index in [1.54, 1.807) is 12.1 Å². The number of carbonyl (C=O) groups is 2. The highest BCUT2D eigenvalue weighted by Gasteiger charge is 2.35. The molecule has 2 N–H and O–H groups in total. The minimum Gasteiger partial charge on any atom is -0.289 e. The number of nitrogens with one attached hydrogen (secondary N) is 2. The molecule has 39 heavy (non-hydrogen) atoms. The second kappa shape index (κ2) is 11.7. The van der Waals surface area contributed by atoms with Crippen LogP contribution in [-0.4, -0.2) is 34.2 Å². The average molecular weight is 569 g/mol. The lowest BCUT2D eigenvalue weighted by Crippen LogP contribution is -2.26. The first-order valence-electron chi connectivity index (χ1n) is 13.0. The molecule has 0 unspecified atom stereocenters. The molecule has 0 spiro atoms. The number of ketones is 2. The van der Waals surface area contributed by atoms with Crippen LogP contribution in [0.5, 0.6) is 0 Å². The Bertz CT molecular complexity index is 1610. The molecule has 0 aliphatic heterocycles. The molecule has 0 saturated heterocycles. The fourth-order valence-corrected chi connectivity index (χ4v) is 6.89. The lowest BCUT2D eigenvalue weighted by molar-refractivity contribution is 0.0980. The van der Waals surface area contributed by atoms with Crippen LogP contribution in [0, 0.1) is 6.92 Å². The first kappa shape index (κ1) is 28.5. The predicted octanol–water partition coefficient (Wildman–Crippen LogP) is 5.67. The van der Waals surface area contributed by atoms with E-state index in [4.69, 9.17) is 0 Å². The first-order valence-corrected chi connectivity index (χ1v) is 16.1. The summed E-state index contributed by atoms with van der Waals surface area (Å²) in [4.78, 5) is 27.2. The number of benzene rings is 3. The van der Waals surface area contributed by atoms with E-state index in [0.29, 0.717) is 6.42 Å². The standard InChI is InChI=1S/C29H32N2O6S2/c1-3-4-5-6-7-8-19-38(34,35)30-24-13-9-11-22-26(24)29(33)27-23(28(22)32)12-10-14-25(27)31-39(36,37)21-17-15-20(2)16-18-21/h9-18,30-31H,3-8,19H2,1-2H3. The zero-order valence-electron chi connectivity index (χ0n) is 22.0. The Kier molecular flexibility index (Phi) is 8.56. The van der Waals surface area contributed by atoms with Crippen LogP contribution in [0.15, 0.2) is 65.6 Å². The van der Waals surface area contributed by atoms with Crippen molar-refractivity contribution >= 4 is 43.0 Å². The highest BCUT2D eigenvalue weighted by Crippen LogP contribution is 2.36. The van der Waals surface area contributed by atoms with Crippen molar-refractivity contribution in [1.82, 2.24) is 0 Å². The summed E-state index contributed by atoms with van der Waals surface area (Å²) in [7, 11) is -7.85. The summed E-state index contributed by atoms with van der Waals surface area (Å²) in [5, 5.41) is 0. The van der Waals surface area contributed by atoms with E-state index in [1.165, 1.54) is 48.5 Å². The molecule has 0 radical (unpaired) electrons. The lowest BCUT2D eigenvalue weighted by Gasteiger charge is -2.23. The van der Waals surface area contributed by atoms with E-state index in [0.717, 1.165) is 37.7 Å². The second-order valence-electron chi connectivity index (χ2n) is 9.72. The fourth-order valence-electron chi connectivity index (χ4n) is 4.62. The van der Waals surface area contributed by atoms with Crippen LogP contribution in [0.25, 0.3) is 0 Å². The molecule has 0 bridgehead atoms. The van der Waals surface area contributed by atoms with Crippen molar-refractivity contribution in [3.63, 3.8) is 0 Å². The van der Waals surface area contributed by atoms with Crippen LogP contribution in [0.1, 0.15) is 82.9 Å². The normalized spacial score (nSPS) is 13.1. The third-order valence-electron chi connectivity index (χ3n) is 6.68. The van der Waals surface area contributed by atoms with Gasteiger partial charge >= 0.3 is 0 Å². The zero-order chi connectivity index (χ0) is 28.2. The van der Waals surface area contributed by atoms with Crippen LogP contribution < -0.4 is 9.44 Å². The van der Waals surface area contributed by atoms with E-state index < -0.39 is 31.6 Å². The Morgan fingerprint density at radius 3 is 1.77 bits per heavy atom. The summed E-state index contributed by atoms with van der Waals surface area (Å²) in [6.07, 6.45) is 5.49. The van der Waals surface area contributed by atoms with E-state index in [2.05, 4.69) is 16.4 Å². The number of aryl methyl sites for hydroxylation is 1. The molecule has 0 saturated carbocycles. The van der Waals surface area contributed by atoms with Gasteiger partial charge < -0.3 is 0 Å². The summed E-state index contributed by atoms with van der Waals surface area (Å²) in [5.74, 6) is -1.24. The SMILES string of the molecule is CCCCCCCCS(=O)(=O)Nc1cccc2c1C(=O)c1c(NS(=O)(=O)c3ccc(C)cc3)cccc1C2=O. The van der Waals surface area contributed by atoms with Gasteiger partial charge in [-0.2, -0.15) is 0 Å². The van der Waals surface area contributed by atoms with Gasteiger partial charge in [-0.15, -0.1) is 0 Å². The van der Waals surface area contributed by atoms with Gasteiger partial charge in [-0.05, 0) is 37.6 Å². The minimum atomic E-state index is -4.06. The molecule has 3 aromatic rings. The molecule has 10 heteroatoms. The molecule has 206 valence electrons. The number of anilines is 2. The molecule has 0 fully saturated rings. The van der Waals surface area contributed by atoms with Crippen molar-refractivity contribution in [3.8, 4) is 0 Å². The number of unbranched alkanes of at least 4 members (excludes halogenated alkanes) is 5. The van der Waals surface area contributed by atoms with Crippen molar-refractivity contribution in [1.29, 1.82) is 0 Å². The Labute approximate surface area is 229 Å². The Morgan fingerprint density at radius 1 is 0.641 bits per heavy atom. The van der Waals surface area contributed by atoms with Crippen LogP contribution in [-0.2, 0) is 20.0 Å². The molecule has 0 heterocycles. The van der Waals surface area contributed by atoms with E-state index >= 15 is 0 Å². The zero-order valence-corrected chi connectivity index (χ0v) is 23.6. The fraction of sp³-hybridized carbons (Fsp3) is 0.310. The third-order valence-corrected chi connectivity index (χ3v) is 9.42. The van der Waals surface area contributed by atoms with Gasteiger partial charge in [0.15, 0.2) is 11.6 Å². The minimum absolute atomic E-state index is 0.00122. The van der Waals surface area contributed by atoms with Crippen molar-refractivity contribution in [3.05, 3.63) is 88.5 Å². The Morgan fingerprint density at radius 2 is 1.18 bits per heavy atom. The van der Waals surface area contributed by atoms with Crippen LogP contribution in [0.4, 0.5) is 11.4 Å². The monoisotopic (exact) mass is 568 g/mol. The van der Waals surface area contributed by atoms with Crippen molar-refractivity contribution in [2.75, 3.05) is 15.2 Å². The number of hydrogen-bond donors (Lipinski definition) is 2. The highest BCUT2D eigenvalue weighted by atomic mass is 32.2. The Hall–Kier alpha value is -3.50. The van der Waals surface area contributed by atoms with Gasteiger partial charge in [0, 0.05) is 11.1 Å². The number of hydrogen-bond acceptors (Lipinski definition) is 6. The molecule has 0 aromatic heterocycles. The molecule has 8 nitrogen and oxygen atoms in total. The summed E-state index contributed by atoms with van der Waals surface area (Å²) < 4.78 is 56.8. The summed E-state index contributed by atoms with van der Waals surface area (Å²) in [5.41, 5.74) is 0.724. The van der Waals surface area contributed by atoms with Crippen molar-refractivity contribution < 1.29 is 26.4 Å². The van der Waals surface area contributed by atoms with Crippen LogP contribution in [0.3, 0.4) is 0 Å². The maximum Gasteiger partial charge on any atom is 0.261 e. The number of fused-ring (bicyclic) bond motifs is 2. The molecule has 1 aliphatic carbocycles. The Balaban J connectivity index is 1.64. The summed E-state index contributed by atoms with van der Waals surface area (Å²) in [6, 6.07) is 15.0. The highest BCUT2D eigenvalue weighted by molar-refractivity contribution is 7.93. The lowest BCUT2D eigenvalue weighted by atomic mass is 9.82. The molecular formula is C29H32N2O6S2. The van der Waals surface area contributed by atoms with Crippen LogP contribution in [0.2, 0.25) is 0 Å². The molecule has 4 rings (SSSR count). The maximum atomic E-state index is 13.8. The van der Waals surface area contributed by atoms with Gasteiger partial charge in [-0.25, -0.2) is 16.8 Å². The number of carbonyl (C=O) groups excluding carboxylic acids is 2. The summed E-state index contributed by atoms with van der Waals surface area (Å²) in [6.45, 7) is 3.94. The molecule has 1 aliphatic rings. The number of sulfonamides is 2. The quantitative estimate of drug-likeness (QED) is 0.212. The molecule has 3 aromatic carbocycles. The van der Waals surface area contributed by atoms with Gasteiger partial charge in [0.1, 0.15) is 0 Å². The summed E-state index contributed by atoms with van der Waals surface area (Å²) >= 11 is 0. The van der Waals surface area contributed by atoms with Crippen molar-refractivity contribution in [2.24, 2.45) is 0 Å². The second-order valence-corrected chi connectivity index (χ2v) is 13.2. The predicted molar refractivity (Wildman–Crippen MR) is 153 cm³/mol. The largest absolute Gasteiger partial charge is 0.289 e. The van der Waals surface area contributed by atoms with E-state index in [9.17, 15) is 26.4 Å². The van der Waals surface area contributed by atoms with E-state index in [-0.39, 0.29) is 44.3 Å². The third kappa shape index (κ3) is 6.39. The molecular weight excluding hydrogens is 536 g/mol. The van der Waals surface area contributed by atoms with Gasteiger partial charge in [0.25, 0.3) is 10.0 Å². The molecule has 0 atom stereocenters. The van der Waals surface area contributed by atoms with E-state index in [1.807, 2.05) is 6.92 Å². The van der Waals surface area contributed by atoms with Crippen molar-refractivity contribution in [2.45, 2.75) is 57.3 Å². The van der Waals surface area contributed by atoms with Gasteiger partial charge in [-0.3, -0.25) is 19.0 Å². The first-order chi connectivity index (χ1) is 18.5.